The van der Waals surface area contributed by atoms with Crippen LogP contribution in [0.15, 0.2) is 30.3 Å². The fourth-order valence-electron chi connectivity index (χ4n) is 3.47. The summed E-state index contributed by atoms with van der Waals surface area (Å²) in [5, 5.41) is 7.42. The third kappa shape index (κ3) is 4.66. The van der Waals surface area contributed by atoms with Crippen LogP contribution in [0, 0.1) is 13.8 Å². The third-order valence-corrected chi connectivity index (χ3v) is 4.73. The summed E-state index contributed by atoms with van der Waals surface area (Å²) in [5.74, 6) is 1.78. The molecule has 0 saturated carbocycles. The lowest BCUT2D eigenvalue weighted by Gasteiger charge is -2.34. The summed E-state index contributed by atoms with van der Waals surface area (Å²) in [6.45, 7) is 6.87. The first-order chi connectivity index (χ1) is 12.1. The van der Waals surface area contributed by atoms with Gasteiger partial charge in [0.2, 0.25) is 5.91 Å². The quantitative estimate of drug-likeness (QED) is 0.874. The molecule has 1 saturated heterocycles. The van der Waals surface area contributed by atoms with E-state index in [4.69, 9.17) is 0 Å². The summed E-state index contributed by atoms with van der Waals surface area (Å²) in [4.78, 5) is 19.3. The molecule has 6 heteroatoms. The number of amides is 1. The molecule has 1 atom stereocenters. The number of hydrogen-bond donors (Lipinski definition) is 1. The van der Waals surface area contributed by atoms with Gasteiger partial charge in [-0.25, -0.2) is 9.67 Å². The van der Waals surface area contributed by atoms with Gasteiger partial charge in [0.25, 0.3) is 0 Å². The number of hydrogen-bond acceptors (Lipinski definition) is 4. The summed E-state index contributed by atoms with van der Waals surface area (Å²) in [6.07, 6.45) is 3.21. The lowest BCUT2D eigenvalue weighted by Crippen LogP contribution is -2.49. The molecule has 0 bridgehead atoms. The van der Waals surface area contributed by atoms with Crippen LogP contribution in [0.2, 0.25) is 0 Å². The van der Waals surface area contributed by atoms with Crippen molar-refractivity contribution in [2.75, 3.05) is 13.1 Å². The van der Waals surface area contributed by atoms with Crippen LogP contribution in [0.5, 0.6) is 0 Å². The predicted octanol–water partition coefficient (Wildman–Crippen LogP) is 2.07. The van der Waals surface area contributed by atoms with Crippen molar-refractivity contribution in [3.63, 3.8) is 0 Å². The Hall–Kier alpha value is -2.21. The van der Waals surface area contributed by atoms with Crippen LogP contribution in [0.3, 0.4) is 0 Å². The second kappa shape index (κ2) is 8.25. The number of carbonyl (C=O) groups excluding carboxylic acids is 1. The third-order valence-electron chi connectivity index (χ3n) is 4.73. The van der Waals surface area contributed by atoms with Crippen molar-refractivity contribution in [1.82, 2.24) is 25.0 Å². The van der Waals surface area contributed by atoms with Crippen molar-refractivity contribution in [2.24, 2.45) is 0 Å². The van der Waals surface area contributed by atoms with Gasteiger partial charge in [-0.1, -0.05) is 36.8 Å². The van der Waals surface area contributed by atoms with Crippen LogP contribution in [-0.2, 0) is 17.9 Å². The molecule has 1 aromatic carbocycles. The van der Waals surface area contributed by atoms with Gasteiger partial charge >= 0.3 is 0 Å². The van der Waals surface area contributed by atoms with Crippen molar-refractivity contribution < 1.29 is 4.79 Å². The molecule has 3 rings (SSSR count). The molecule has 25 heavy (non-hydrogen) atoms. The first-order valence-corrected chi connectivity index (χ1v) is 9.07. The van der Waals surface area contributed by atoms with Gasteiger partial charge in [0, 0.05) is 13.1 Å². The first kappa shape index (κ1) is 17.6. The zero-order valence-electron chi connectivity index (χ0n) is 15.1. The fraction of sp³-hybridized carbons (Fsp3) is 0.526. The molecule has 1 fully saturated rings. The highest BCUT2D eigenvalue weighted by molar-refractivity contribution is 5.81. The van der Waals surface area contributed by atoms with Crippen LogP contribution in [0.1, 0.15) is 36.5 Å². The van der Waals surface area contributed by atoms with Crippen molar-refractivity contribution in [2.45, 2.75) is 52.2 Å². The van der Waals surface area contributed by atoms with Gasteiger partial charge in [-0.2, -0.15) is 5.10 Å². The Morgan fingerprint density at radius 1 is 1.24 bits per heavy atom. The molecular formula is C19H27N5O. The molecular weight excluding hydrogens is 314 g/mol. The minimum absolute atomic E-state index is 0.0347. The zero-order valence-corrected chi connectivity index (χ0v) is 15.1. The maximum atomic E-state index is 12.7. The van der Waals surface area contributed by atoms with E-state index in [1.54, 1.807) is 0 Å². The van der Waals surface area contributed by atoms with E-state index in [9.17, 15) is 4.79 Å². The number of benzene rings is 1. The van der Waals surface area contributed by atoms with Gasteiger partial charge < -0.3 is 5.32 Å². The average Bonchev–Trinajstić information content (AvgIpc) is 2.93. The molecule has 0 spiro atoms. The largest absolute Gasteiger partial charge is 0.353 e. The Morgan fingerprint density at radius 3 is 2.76 bits per heavy atom. The number of likely N-dealkylation sites (tertiary alicyclic amines) is 1. The Balaban J connectivity index is 1.54. The summed E-state index contributed by atoms with van der Waals surface area (Å²) in [6, 6.07) is 10.3. The van der Waals surface area contributed by atoms with E-state index in [-0.39, 0.29) is 11.9 Å². The lowest BCUT2D eigenvalue weighted by atomic mass is 10.0. The van der Waals surface area contributed by atoms with E-state index in [1.165, 1.54) is 5.56 Å². The van der Waals surface area contributed by atoms with E-state index in [0.717, 1.165) is 44.0 Å². The van der Waals surface area contributed by atoms with E-state index in [1.807, 2.05) is 24.6 Å². The molecule has 134 valence electrons. The number of aryl methyl sites for hydroxylation is 2. The lowest BCUT2D eigenvalue weighted by molar-refractivity contribution is -0.127. The highest BCUT2D eigenvalue weighted by atomic mass is 16.2. The van der Waals surface area contributed by atoms with Crippen LogP contribution < -0.4 is 5.32 Å². The van der Waals surface area contributed by atoms with Crippen molar-refractivity contribution in [3.05, 3.63) is 47.5 Å². The molecule has 0 unspecified atom stereocenters. The Kier molecular flexibility index (Phi) is 5.81. The number of nitrogens with zero attached hydrogens (tertiary/aromatic N) is 4. The van der Waals surface area contributed by atoms with Crippen LogP contribution in [0.4, 0.5) is 0 Å². The van der Waals surface area contributed by atoms with E-state index in [0.29, 0.717) is 13.1 Å². The van der Waals surface area contributed by atoms with Crippen LogP contribution in [-0.4, -0.2) is 44.7 Å². The second-order valence-corrected chi connectivity index (χ2v) is 6.69. The highest BCUT2D eigenvalue weighted by Gasteiger charge is 2.28. The standard InChI is InChI=1S/C19H27N5O/c1-15-21-16(2)24(22-15)13-11-20-19(25)18-10-6-7-12-23(18)14-17-8-4-3-5-9-17/h3-5,8-9,18H,6-7,10-14H2,1-2H3,(H,20,25)/t18-/m0/s1. The number of carbonyl (C=O) groups is 1. The fourth-order valence-corrected chi connectivity index (χ4v) is 3.47. The van der Waals surface area contributed by atoms with Gasteiger partial charge in [0.05, 0.1) is 12.6 Å². The molecule has 1 N–H and O–H groups in total. The summed E-state index contributed by atoms with van der Waals surface area (Å²) < 4.78 is 1.85. The van der Waals surface area contributed by atoms with E-state index < -0.39 is 0 Å². The van der Waals surface area contributed by atoms with Gasteiger partial charge in [-0.05, 0) is 38.8 Å². The average molecular weight is 341 g/mol. The smallest absolute Gasteiger partial charge is 0.237 e. The van der Waals surface area contributed by atoms with E-state index in [2.05, 4.69) is 44.6 Å². The monoisotopic (exact) mass is 341 g/mol. The van der Waals surface area contributed by atoms with Gasteiger partial charge in [0.15, 0.2) is 0 Å². The maximum absolute atomic E-state index is 12.7. The molecule has 1 aliphatic heterocycles. The number of piperidine rings is 1. The maximum Gasteiger partial charge on any atom is 0.237 e. The SMILES string of the molecule is Cc1nc(C)n(CCNC(=O)[C@@H]2CCCCN2Cc2ccccc2)n1. The molecule has 2 heterocycles. The Morgan fingerprint density at radius 2 is 2.04 bits per heavy atom. The summed E-state index contributed by atoms with van der Waals surface area (Å²) in [7, 11) is 0. The molecule has 1 aromatic heterocycles. The molecule has 2 aromatic rings. The molecule has 1 amide bonds. The Labute approximate surface area is 149 Å². The van der Waals surface area contributed by atoms with Gasteiger partial charge in [0.1, 0.15) is 11.6 Å². The van der Waals surface area contributed by atoms with Crippen molar-refractivity contribution >= 4 is 5.91 Å². The normalized spacial score (nSPS) is 18.2. The Bertz CT molecular complexity index is 697. The van der Waals surface area contributed by atoms with Crippen molar-refractivity contribution in [3.8, 4) is 0 Å². The number of rotatable bonds is 6. The first-order valence-electron chi connectivity index (χ1n) is 9.07. The van der Waals surface area contributed by atoms with Crippen LogP contribution in [0.25, 0.3) is 0 Å². The van der Waals surface area contributed by atoms with Crippen molar-refractivity contribution in [1.29, 1.82) is 0 Å². The minimum atomic E-state index is -0.0347. The van der Waals surface area contributed by atoms with Gasteiger partial charge in [-0.15, -0.1) is 0 Å². The highest BCUT2D eigenvalue weighted by Crippen LogP contribution is 2.19. The number of aromatic nitrogens is 3. The second-order valence-electron chi connectivity index (χ2n) is 6.69. The molecule has 1 aliphatic rings. The van der Waals surface area contributed by atoms with Gasteiger partial charge in [-0.3, -0.25) is 9.69 Å². The van der Waals surface area contributed by atoms with E-state index >= 15 is 0 Å². The molecule has 0 aliphatic carbocycles. The minimum Gasteiger partial charge on any atom is -0.353 e. The summed E-state index contributed by atoms with van der Waals surface area (Å²) >= 11 is 0. The predicted molar refractivity (Wildman–Crippen MR) is 97.0 cm³/mol. The van der Waals surface area contributed by atoms with Crippen LogP contribution >= 0.6 is 0 Å². The topological polar surface area (TPSA) is 63.1 Å². The molecule has 0 radical (unpaired) electrons. The number of nitrogens with one attached hydrogen (secondary N) is 1. The summed E-state index contributed by atoms with van der Waals surface area (Å²) in [5.41, 5.74) is 1.26. The molecule has 6 nitrogen and oxygen atoms in total. The zero-order chi connectivity index (χ0) is 17.6.